The Labute approximate surface area is 125 Å². The van der Waals surface area contributed by atoms with E-state index in [4.69, 9.17) is 5.11 Å². The largest absolute Gasteiger partial charge is 0.507 e. The van der Waals surface area contributed by atoms with Crippen molar-refractivity contribution in [2.45, 2.75) is 6.54 Å². The lowest BCUT2D eigenvalue weighted by Gasteiger charge is -2.09. The molecule has 0 saturated heterocycles. The zero-order valence-corrected chi connectivity index (χ0v) is 11.9. The molecular weight excluding hydrogens is 286 g/mol. The van der Waals surface area contributed by atoms with Gasteiger partial charge in [0, 0.05) is 33.3 Å². The molecule has 2 aromatic carbocycles. The average Bonchev–Trinajstić information content (AvgIpc) is 2.95. The van der Waals surface area contributed by atoms with Gasteiger partial charge < -0.3 is 15.5 Å². The number of nitrogens with one attached hydrogen (secondary N) is 1. The Kier molecular flexibility index (Phi) is 3.50. The molecule has 0 bridgehead atoms. The fraction of sp³-hybridized carbons (Fsp3) is 0.0625. The minimum Gasteiger partial charge on any atom is -0.507 e. The molecule has 3 N–H and O–H groups in total. The van der Waals surface area contributed by atoms with Gasteiger partial charge in [0.05, 0.1) is 5.56 Å². The van der Waals surface area contributed by atoms with Gasteiger partial charge in [0.1, 0.15) is 5.75 Å². The monoisotopic (exact) mass is 299 g/mol. The molecule has 106 valence electrons. The number of phenols is 1. The van der Waals surface area contributed by atoms with Gasteiger partial charge in [-0.3, -0.25) is 0 Å². The van der Waals surface area contributed by atoms with Gasteiger partial charge in [0.25, 0.3) is 0 Å². The molecule has 0 radical (unpaired) electrons. The van der Waals surface area contributed by atoms with Crippen molar-refractivity contribution >= 4 is 33.8 Å². The topological polar surface area (TPSA) is 69.6 Å². The maximum atomic E-state index is 10.9. The summed E-state index contributed by atoms with van der Waals surface area (Å²) in [5, 5.41) is 25.4. The molecule has 0 spiro atoms. The van der Waals surface area contributed by atoms with E-state index in [2.05, 4.69) is 5.32 Å². The van der Waals surface area contributed by atoms with E-state index in [1.54, 1.807) is 23.6 Å². The maximum Gasteiger partial charge on any atom is 0.336 e. The number of thiophene rings is 1. The number of phenolic OH excluding ortho intramolecular Hbond substituents is 1. The molecule has 0 fully saturated rings. The summed E-state index contributed by atoms with van der Waals surface area (Å²) in [5.74, 6) is -0.659. The molecule has 0 aliphatic carbocycles. The highest BCUT2D eigenvalue weighted by atomic mass is 32.1. The molecule has 0 aliphatic rings. The second-order valence-corrected chi connectivity index (χ2v) is 5.63. The number of rotatable bonds is 4. The minimum atomic E-state index is -0.910. The molecule has 0 saturated carbocycles. The Balaban J connectivity index is 1.85. The van der Waals surface area contributed by atoms with Gasteiger partial charge in [-0.15, -0.1) is 11.3 Å². The summed E-state index contributed by atoms with van der Waals surface area (Å²) in [6, 6.07) is 12.7. The number of hydrogen-bond acceptors (Lipinski definition) is 4. The zero-order valence-electron chi connectivity index (χ0n) is 11.0. The van der Waals surface area contributed by atoms with Crippen LogP contribution >= 0.6 is 11.3 Å². The fourth-order valence-corrected chi connectivity index (χ4v) is 3.01. The summed E-state index contributed by atoms with van der Waals surface area (Å²) in [6.07, 6.45) is 0. The van der Waals surface area contributed by atoms with Crippen LogP contribution < -0.4 is 5.32 Å². The number of hydrogen-bond donors (Lipinski definition) is 3. The molecule has 1 heterocycles. The van der Waals surface area contributed by atoms with Crippen LogP contribution in [0.4, 0.5) is 5.69 Å². The molecule has 5 heteroatoms. The zero-order chi connectivity index (χ0) is 14.8. The van der Waals surface area contributed by atoms with Crippen LogP contribution in [-0.4, -0.2) is 16.2 Å². The molecular formula is C16H13NO3S. The second-order valence-electron chi connectivity index (χ2n) is 4.64. The first-order valence-electron chi connectivity index (χ1n) is 6.40. The first kappa shape index (κ1) is 13.5. The number of fused-ring (bicyclic) bond motifs is 1. The van der Waals surface area contributed by atoms with Crippen molar-refractivity contribution in [1.82, 2.24) is 0 Å². The van der Waals surface area contributed by atoms with Gasteiger partial charge >= 0.3 is 5.97 Å². The summed E-state index contributed by atoms with van der Waals surface area (Å²) in [7, 11) is 0. The van der Waals surface area contributed by atoms with Gasteiger partial charge in [0.15, 0.2) is 0 Å². The average molecular weight is 299 g/mol. The Hall–Kier alpha value is -2.53. The van der Waals surface area contributed by atoms with Crippen LogP contribution in [0, 0.1) is 0 Å². The third-order valence-corrected chi connectivity index (χ3v) is 4.19. The number of carboxylic acids is 1. The van der Waals surface area contributed by atoms with Crippen LogP contribution in [0.5, 0.6) is 5.75 Å². The summed E-state index contributed by atoms with van der Waals surface area (Å²) < 4.78 is 0. The van der Waals surface area contributed by atoms with Crippen molar-refractivity contribution in [2.75, 3.05) is 5.32 Å². The van der Waals surface area contributed by atoms with E-state index in [9.17, 15) is 9.90 Å². The minimum absolute atomic E-state index is 0.250. The molecule has 1 aromatic heterocycles. The van der Waals surface area contributed by atoms with E-state index >= 15 is 0 Å². The lowest BCUT2D eigenvalue weighted by atomic mass is 10.1. The van der Waals surface area contributed by atoms with E-state index in [1.807, 2.05) is 24.3 Å². The molecule has 3 aromatic rings. The first-order valence-corrected chi connectivity index (χ1v) is 7.28. The van der Waals surface area contributed by atoms with Crippen LogP contribution in [0.3, 0.4) is 0 Å². The SMILES string of the molecule is O=C(O)c1csc(CNc2cccc3c(O)cccc23)c1. The lowest BCUT2D eigenvalue weighted by Crippen LogP contribution is -1.98. The summed E-state index contributed by atoms with van der Waals surface area (Å²) in [6.45, 7) is 0.548. The van der Waals surface area contributed by atoms with Crippen LogP contribution in [0.25, 0.3) is 10.8 Å². The standard InChI is InChI=1S/C16H13NO3S/c18-15-6-2-3-12-13(15)4-1-5-14(12)17-8-11-7-10(9-21-11)16(19)20/h1-7,9,17-18H,8H2,(H,19,20). The fourth-order valence-electron chi connectivity index (χ4n) is 2.22. The first-order chi connectivity index (χ1) is 10.1. The van der Waals surface area contributed by atoms with Crippen molar-refractivity contribution in [1.29, 1.82) is 0 Å². The Bertz CT molecular complexity index is 810. The van der Waals surface area contributed by atoms with E-state index in [0.717, 1.165) is 21.3 Å². The predicted molar refractivity (Wildman–Crippen MR) is 84.2 cm³/mol. The quantitative estimate of drug-likeness (QED) is 0.683. The highest BCUT2D eigenvalue weighted by Gasteiger charge is 2.07. The highest BCUT2D eigenvalue weighted by molar-refractivity contribution is 7.10. The van der Waals surface area contributed by atoms with Crippen LogP contribution in [0.1, 0.15) is 15.2 Å². The molecule has 4 nitrogen and oxygen atoms in total. The number of aromatic carboxylic acids is 1. The number of carbonyl (C=O) groups is 1. The van der Waals surface area contributed by atoms with Gasteiger partial charge in [-0.05, 0) is 18.2 Å². The molecule has 0 aliphatic heterocycles. The highest BCUT2D eigenvalue weighted by Crippen LogP contribution is 2.30. The van der Waals surface area contributed by atoms with Gasteiger partial charge in [0.2, 0.25) is 0 Å². The molecule has 0 amide bonds. The van der Waals surface area contributed by atoms with Gasteiger partial charge in [-0.1, -0.05) is 24.3 Å². The van der Waals surface area contributed by atoms with Crippen molar-refractivity contribution in [3.8, 4) is 5.75 Å². The number of aromatic hydroxyl groups is 1. The maximum absolute atomic E-state index is 10.9. The van der Waals surface area contributed by atoms with E-state index in [0.29, 0.717) is 12.1 Å². The van der Waals surface area contributed by atoms with Crippen molar-refractivity contribution in [2.24, 2.45) is 0 Å². The normalized spacial score (nSPS) is 10.7. The Morgan fingerprint density at radius 2 is 1.90 bits per heavy atom. The summed E-state index contributed by atoms with van der Waals surface area (Å²) >= 11 is 1.41. The number of anilines is 1. The third-order valence-electron chi connectivity index (χ3n) is 3.25. The number of benzene rings is 2. The molecule has 0 unspecified atom stereocenters. The number of carboxylic acid groups (broad SMARTS) is 1. The van der Waals surface area contributed by atoms with Crippen LogP contribution in [0.15, 0.2) is 47.8 Å². The molecule has 0 atom stereocenters. The van der Waals surface area contributed by atoms with Crippen LogP contribution in [0.2, 0.25) is 0 Å². The van der Waals surface area contributed by atoms with Gasteiger partial charge in [-0.2, -0.15) is 0 Å². The van der Waals surface area contributed by atoms with E-state index < -0.39 is 5.97 Å². The van der Waals surface area contributed by atoms with E-state index in [-0.39, 0.29) is 5.75 Å². The Morgan fingerprint density at radius 1 is 1.14 bits per heavy atom. The van der Waals surface area contributed by atoms with Gasteiger partial charge in [-0.25, -0.2) is 4.79 Å². The second kappa shape index (κ2) is 5.46. The lowest BCUT2D eigenvalue weighted by molar-refractivity contribution is 0.0697. The Morgan fingerprint density at radius 3 is 2.67 bits per heavy atom. The molecule has 21 heavy (non-hydrogen) atoms. The summed E-state index contributed by atoms with van der Waals surface area (Å²) in [5.41, 5.74) is 1.22. The molecule has 3 rings (SSSR count). The third kappa shape index (κ3) is 2.68. The predicted octanol–water partition coefficient (Wildman–Crippen LogP) is 3.92. The van der Waals surface area contributed by atoms with Crippen molar-refractivity contribution in [3.63, 3.8) is 0 Å². The smallest absolute Gasteiger partial charge is 0.336 e. The van der Waals surface area contributed by atoms with Crippen molar-refractivity contribution < 1.29 is 15.0 Å². The van der Waals surface area contributed by atoms with Crippen molar-refractivity contribution in [3.05, 3.63) is 58.3 Å². The van der Waals surface area contributed by atoms with Crippen LogP contribution in [-0.2, 0) is 6.54 Å². The summed E-state index contributed by atoms with van der Waals surface area (Å²) in [4.78, 5) is 11.8. The van der Waals surface area contributed by atoms with E-state index in [1.165, 1.54) is 11.3 Å².